The lowest BCUT2D eigenvalue weighted by molar-refractivity contribution is 0.102. The molecule has 0 radical (unpaired) electrons. The van der Waals surface area contributed by atoms with Crippen molar-refractivity contribution in [1.29, 1.82) is 0 Å². The highest BCUT2D eigenvalue weighted by Gasteiger charge is 2.16. The van der Waals surface area contributed by atoms with E-state index >= 15 is 0 Å². The van der Waals surface area contributed by atoms with Gasteiger partial charge in [-0.2, -0.15) is 0 Å². The number of aromatic nitrogens is 1. The van der Waals surface area contributed by atoms with Crippen LogP contribution < -0.4 is 5.32 Å². The molecule has 1 fully saturated rings. The largest absolute Gasteiger partial charge is 0.299 e. The summed E-state index contributed by atoms with van der Waals surface area (Å²) in [6, 6.07) is 7.90. The highest BCUT2D eigenvalue weighted by molar-refractivity contribution is 7.13. The van der Waals surface area contributed by atoms with Crippen LogP contribution in [0.1, 0.15) is 35.7 Å². The van der Waals surface area contributed by atoms with Crippen molar-refractivity contribution >= 4 is 22.4 Å². The minimum atomic E-state index is -0.0937. The number of carbonyl (C=O) groups excluding carboxylic acids is 1. The van der Waals surface area contributed by atoms with Gasteiger partial charge in [-0.3, -0.25) is 15.0 Å². The third kappa shape index (κ3) is 3.93. The second kappa shape index (κ2) is 7.03. The Morgan fingerprint density at radius 1 is 1.50 bits per heavy atom. The normalized spacial score (nSPS) is 19.0. The van der Waals surface area contributed by atoms with Crippen molar-refractivity contribution < 1.29 is 4.79 Å². The molecule has 0 unspecified atom stereocenters. The Bertz CT molecular complexity index is 627. The molecule has 1 aromatic carbocycles. The Morgan fingerprint density at radius 3 is 3.18 bits per heavy atom. The van der Waals surface area contributed by atoms with Crippen LogP contribution in [0.4, 0.5) is 5.13 Å². The number of nitrogens with one attached hydrogen (secondary N) is 1. The minimum Gasteiger partial charge on any atom is -0.299 e. The maximum atomic E-state index is 12.3. The van der Waals surface area contributed by atoms with Gasteiger partial charge in [0.15, 0.2) is 5.13 Å². The summed E-state index contributed by atoms with van der Waals surface area (Å²) in [7, 11) is 0. The molecule has 1 amide bonds. The smallest absolute Gasteiger partial charge is 0.257 e. The zero-order valence-corrected chi connectivity index (χ0v) is 13.6. The van der Waals surface area contributed by atoms with Crippen molar-refractivity contribution in [3.63, 3.8) is 0 Å². The second-order valence-corrected chi connectivity index (χ2v) is 6.87. The Morgan fingerprint density at radius 2 is 2.41 bits per heavy atom. The van der Waals surface area contributed by atoms with Crippen molar-refractivity contribution in [3.8, 4) is 0 Å². The predicted molar refractivity (Wildman–Crippen MR) is 90.2 cm³/mol. The lowest BCUT2D eigenvalue weighted by Crippen LogP contribution is -2.33. The summed E-state index contributed by atoms with van der Waals surface area (Å²) in [4.78, 5) is 18.8. The first-order valence-electron chi connectivity index (χ1n) is 7.73. The average Bonchev–Trinajstić information content (AvgIpc) is 3.00. The summed E-state index contributed by atoms with van der Waals surface area (Å²) in [5.41, 5.74) is 1.89. The summed E-state index contributed by atoms with van der Waals surface area (Å²) in [6.45, 7) is 5.53. The Labute approximate surface area is 135 Å². The molecule has 1 aliphatic heterocycles. The topological polar surface area (TPSA) is 45.2 Å². The van der Waals surface area contributed by atoms with Crippen LogP contribution in [0, 0.1) is 5.92 Å². The van der Waals surface area contributed by atoms with Gasteiger partial charge in [0.05, 0.1) is 0 Å². The van der Waals surface area contributed by atoms with Crippen LogP contribution in [0.25, 0.3) is 0 Å². The van der Waals surface area contributed by atoms with Crippen molar-refractivity contribution in [2.45, 2.75) is 26.3 Å². The molecule has 1 aliphatic rings. The van der Waals surface area contributed by atoms with Gasteiger partial charge in [-0.25, -0.2) is 4.98 Å². The summed E-state index contributed by atoms with van der Waals surface area (Å²) in [6.07, 6.45) is 4.28. The van der Waals surface area contributed by atoms with E-state index in [0.29, 0.717) is 10.7 Å². The molecule has 22 heavy (non-hydrogen) atoms. The van der Waals surface area contributed by atoms with Crippen LogP contribution in [-0.4, -0.2) is 28.9 Å². The minimum absolute atomic E-state index is 0.0937. The molecule has 5 heteroatoms. The van der Waals surface area contributed by atoms with Crippen LogP contribution >= 0.6 is 11.3 Å². The highest BCUT2D eigenvalue weighted by atomic mass is 32.1. The monoisotopic (exact) mass is 315 g/mol. The van der Waals surface area contributed by atoms with Crippen molar-refractivity contribution in [3.05, 3.63) is 47.0 Å². The fourth-order valence-electron chi connectivity index (χ4n) is 2.95. The molecule has 2 heterocycles. The van der Waals surface area contributed by atoms with Crippen molar-refractivity contribution in [2.75, 3.05) is 18.4 Å². The van der Waals surface area contributed by atoms with Gasteiger partial charge in [-0.05, 0) is 43.0 Å². The number of nitrogens with zero attached hydrogens (tertiary/aromatic N) is 2. The number of thiazole rings is 1. The van der Waals surface area contributed by atoms with Crippen LogP contribution in [0.5, 0.6) is 0 Å². The molecule has 2 aromatic rings. The van der Waals surface area contributed by atoms with Crippen molar-refractivity contribution in [1.82, 2.24) is 9.88 Å². The van der Waals surface area contributed by atoms with Gasteiger partial charge in [0, 0.05) is 30.2 Å². The lowest BCUT2D eigenvalue weighted by atomic mass is 9.99. The van der Waals surface area contributed by atoms with E-state index < -0.39 is 0 Å². The Hall–Kier alpha value is -1.72. The zero-order valence-electron chi connectivity index (χ0n) is 12.8. The number of carbonyl (C=O) groups is 1. The molecule has 1 N–H and O–H groups in total. The number of hydrogen-bond acceptors (Lipinski definition) is 4. The Balaban J connectivity index is 1.65. The predicted octanol–water partition coefficient (Wildman–Crippen LogP) is 3.63. The molecular weight excluding hydrogens is 294 g/mol. The lowest BCUT2D eigenvalue weighted by Gasteiger charge is -2.30. The first kappa shape index (κ1) is 15.2. The molecule has 4 nitrogen and oxygen atoms in total. The number of amides is 1. The number of benzene rings is 1. The van der Waals surface area contributed by atoms with Gasteiger partial charge in [0.2, 0.25) is 0 Å². The van der Waals surface area contributed by atoms with E-state index in [2.05, 4.69) is 28.2 Å². The molecule has 1 atom stereocenters. The molecule has 116 valence electrons. The molecular formula is C17H21N3OS. The molecule has 1 aromatic heterocycles. The van der Waals surface area contributed by atoms with E-state index in [9.17, 15) is 4.79 Å². The van der Waals surface area contributed by atoms with E-state index in [4.69, 9.17) is 0 Å². The van der Waals surface area contributed by atoms with Crippen LogP contribution in [-0.2, 0) is 6.54 Å². The summed E-state index contributed by atoms with van der Waals surface area (Å²) in [5.74, 6) is 0.675. The maximum absolute atomic E-state index is 12.3. The first-order valence-corrected chi connectivity index (χ1v) is 8.61. The Kier molecular flexibility index (Phi) is 4.85. The molecule has 0 saturated carbocycles. The third-order valence-electron chi connectivity index (χ3n) is 3.99. The standard InChI is InChI=1S/C17H21N3OS/c1-13-4-3-8-20(11-13)12-14-5-2-6-15(10-14)16(21)19-17-18-7-9-22-17/h2,5-7,9-10,13H,3-4,8,11-12H2,1H3,(H,18,19,21)/t13-/m0/s1. The molecule has 0 aliphatic carbocycles. The van der Waals surface area contributed by atoms with E-state index in [-0.39, 0.29) is 5.91 Å². The number of anilines is 1. The highest BCUT2D eigenvalue weighted by Crippen LogP contribution is 2.19. The van der Waals surface area contributed by atoms with Crippen LogP contribution in [0.2, 0.25) is 0 Å². The van der Waals surface area contributed by atoms with Gasteiger partial charge >= 0.3 is 0 Å². The van der Waals surface area contributed by atoms with Gasteiger partial charge in [0.1, 0.15) is 0 Å². The van der Waals surface area contributed by atoms with Crippen molar-refractivity contribution in [2.24, 2.45) is 5.92 Å². The van der Waals surface area contributed by atoms with E-state index in [1.807, 2.05) is 23.6 Å². The molecule has 0 spiro atoms. The van der Waals surface area contributed by atoms with E-state index in [1.165, 1.54) is 29.7 Å². The maximum Gasteiger partial charge on any atom is 0.257 e. The molecule has 0 bridgehead atoms. The molecule has 3 rings (SSSR count). The van der Waals surface area contributed by atoms with E-state index in [1.54, 1.807) is 6.20 Å². The number of hydrogen-bond donors (Lipinski definition) is 1. The average molecular weight is 315 g/mol. The zero-order chi connectivity index (χ0) is 15.4. The van der Waals surface area contributed by atoms with E-state index in [0.717, 1.165) is 25.6 Å². The van der Waals surface area contributed by atoms with Gasteiger partial charge < -0.3 is 0 Å². The quantitative estimate of drug-likeness (QED) is 0.937. The molecule has 1 saturated heterocycles. The van der Waals surface area contributed by atoms with Gasteiger partial charge in [-0.1, -0.05) is 19.1 Å². The number of likely N-dealkylation sites (tertiary alicyclic amines) is 1. The first-order chi connectivity index (χ1) is 10.7. The summed E-state index contributed by atoms with van der Waals surface area (Å²) < 4.78 is 0. The fourth-order valence-corrected chi connectivity index (χ4v) is 3.48. The third-order valence-corrected chi connectivity index (χ3v) is 4.68. The van der Waals surface area contributed by atoms with Gasteiger partial charge in [0.25, 0.3) is 5.91 Å². The second-order valence-electron chi connectivity index (χ2n) is 5.97. The number of rotatable bonds is 4. The summed E-state index contributed by atoms with van der Waals surface area (Å²) >= 11 is 1.43. The number of piperidine rings is 1. The van der Waals surface area contributed by atoms with Crippen LogP contribution in [0.3, 0.4) is 0 Å². The van der Waals surface area contributed by atoms with Crippen LogP contribution in [0.15, 0.2) is 35.8 Å². The van der Waals surface area contributed by atoms with Gasteiger partial charge in [-0.15, -0.1) is 11.3 Å². The fraction of sp³-hybridized carbons (Fsp3) is 0.412. The SMILES string of the molecule is C[C@H]1CCCN(Cc2cccc(C(=O)Nc3nccs3)c2)C1. The summed E-state index contributed by atoms with van der Waals surface area (Å²) in [5, 5.41) is 5.32.